The molecule has 0 amide bonds. The molecule has 0 saturated carbocycles. The third-order valence-electron chi connectivity index (χ3n) is 11.0. The minimum atomic E-state index is -1.02. The minimum absolute atomic E-state index is 0.0520. The van der Waals surface area contributed by atoms with Gasteiger partial charge in [0, 0.05) is 50.6 Å². The van der Waals surface area contributed by atoms with Crippen LogP contribution in [-0.4, -0.2) is 90.3 Å². The molecule has 3 N–H and O–H groups in total. The van der Waals surface area contributed by atoms with Gasteiger partial charge in [0.1, 0.15) is 29.3 Å². The molecule has 2 fully saturated rings. The van der Waals surface area contributed by atoms with E-state index >= 15 is 0 Å². The monoisotopic (exact) mass is 814 g/mol. The summed E-state index contributed by atoms with van der Waals surface area (Å²) >= 11 is 0. The summed E-state index contributed by atoms with van der Waals surface area (Å²) in [5, 5.41) is 9.20. The van der Waals surface area contributed by atoms with E-state index in [4.69, 9.17) is 33.2 Å². The molecule has 0 bridgehead atoms. The molecule has 0 aliphatic carbocycles. The first kappa shape index (κ1) is 43.0. The Kier molecular flexibility index (Phi) is 13.8. The van der Waals surface area contributed by atoms with Crippen LogP contribution in [0, 0.1) is 11.8 Å². The molecular formula is C43H50N4O12. The molecule has 2 unspecified atom stereocenters. The highest BCUT2D eigenvalue weighted by Crippen LogP contribution is 2.44. The van der Waals surface area contributed by atoms with Crippen LogP contribution in [0.4, 0.5) is 0 Å². The molecule has 2 aliphatic heterocycles. The second-order valence-corrected chi connectivity index (χ2v) is 14.3. The van der Waals surface area contributed by atoms with Gasteiger partial charge in [-0.05, 0) is 41.0 Å². The largest absolute Gasteiger partial charge is 0.497 e. The van der Waals surface area contributed by atoms with Gasteiger partial charge in [-0.3, -0.25) is 28.7 Å². The first-order valence-corrected chi connectivity index (χ1v) is 19.1. The van der Waals surface area contributed by atoms with Crippen LogP contribution in [0.2, 0.25) is 0 Å². The van der Waals surface area contributed by atoms with Gasteiger partial charge < -0.3 is 38.3 Å². The van der Waals surface area contributed by atoms with Gasteiger partial charge in [0.2, 0.25) is 0 Å². The van der Waals surface area contributed by atoms with Gasteiger partial charge in [0.05, 0.1) is 39.6 Å². The molecule has 16 heteroatoms. The van der Waals surface area contributed by atoms with Crippen molar-refractivity contribution in [2.24, 2.45) is 11.8 Å². The zero-order valence-corrected chi connectivity index (χ0v) is 33.7. The van der Waals surface area contributed by atoms with E-state index in [0.717, 1.165) is 28.2 Å². The molecule has 8 atom stereocenters. The third kappa shape index (κ3) is 8.88. The molecule has 0 spiro atoms. The Morgan fingerprint density at radius 3 is 1.44 bits per heavy atom. The average Bonchev–Trinajstić information content (AvgIpc) is 3.75. The third-order valence-corrected chi connectivity index (χ3v) is 11.0. The number of hydrogen-bond donors (Lipinski definition) is 3. The summed E-state index contributed by atoms with van der Waals surface area (Å²) in [6.45, 7) is 3.92. The van der Waals surface area contributed by atoms with Gasteiger partial charge in [-0.2, -0.15) is 0 Å². The lowest BCUT2D eigenvalue weighted by atomic mass is 9.80. The summed E-state index contributed by atoms with van der Waals surface area (Å²) in [7, 11) is 6.37. The molecule has 314 valence electrons. The van der Waals surface area contributed by atoms with E-state index in [-0.39, 0.29) is 31.2 Å². The van der Waals surface area contributed by atoms with Crippen LogP contribution >= 0.6 is 0 Å². The lowest BCUT2D eigenvalue weighted by molar-refractivity contribution is -0.0926. The SMILES string of the molecule is CO[C@H]1C(C)[C@@H](CO)O[C@H]1n1ccc(=O)[nH]c1=O.COc1ccc(C(OC[C@H]2O[C@@H](n3ccc(=O)[nH]c3=O)[C@@H](OC)C2C)(c2ccccc2)c2ccc(OC)cc2)cc1. The van der Waals surface area contributed by atoms with Crippen molar-refractivity contribution in [2.75, 3.05) is 41.7 Å². The second-order valence-electron chi connectivity index (χ2n) is 14.3. The number of aliphatic hydroxyl groups excluding tert-OH is 1. The predicted molar refractivity (Wildman–Crippen MR) is 216 cm³/mol. The Morgan fingerprint density at radius 1 is 0.610 bits per heavy atom. The van der Waals surface area contributed by atoms with Crippen LogP contribution in [0.3, 0.4) is 0 Å². The van der Waals surface area contributed by atoms with Crippen molar-refractivity contribution in [3.63, 3.8) is 0 Å². The molecule has 5 aromatic rings. The van der Waals surface area contributed by atoms with Crippen molar-refractivity contribution in [1.29, 1.82) is 0 Å². The molecule has 7 rings (SSSR count). The maximum atomic E-state index is 12.6. The summed E-state index contributed by atoms with van der Waals surface area (Å²) in [6.07, 6.45) is -0.207. The maximum absolute atomic E-state index is 12.6. The highest BCUT2D eigenvalue weighted by molar-refractivity contribution is 5.49. The van der Waals surface area contributed by atoms with Crippen molar-refractivity contribution in [3.8, 4) is 11.5 Å². The van der Waals surface area contributed by atoms with Gasteiger partial charge in [-0.25, -0.2) is 9.59 Å². The molecule has 59 heavy (non-hydrogen) atoms. The molecule has 2 saturated heterocycles. The number of nitrogens with one attached hydrogen (secondary N) is 2. The number of aromatic amines is 2. The first-order chi connectivity index (χ1) is 28.5. The van der Waals surface area contributed by atoms with Gasteiger partial charge in [0.25, 0.3) is 11.1 Å². The highest BCUT2D eigenvalue weighted by atomic mass is 16.6. The van der Waals surface area contributed by atoms with E-state index in [1.807, 2.05) is 92.7 Å². The zero-order chi connectivity index (χ0) is 42.3. The summed E-state index contributed by atoms with van der Waals surface area (Å²) in [5.74, 6) is 1.28. The summed E-state index contributed by atoms with van der Waals surface area (Å²) in [6, 6.07) is 28.2. The van der Waals surface area contributed by atoms with Gasteiger partial charge >= 0.3 is 11.4 Å². The number of hydrogen-bond acceptors (Lipinski definition) is 12. The fourth-order valence-electron chi connectivity index (χ4n) is 7.75. The van der Waals surface area contributed by atoms with Crippen molar-refractivity contribution in [1.82, 2.24) is 19.1 Å². The molecule has 0 radical (unpaired) electrons. The van der Waals surface area contributed by atoms with E-state index in [9.17, 15) is 24.3 Å². The van der Waals surface area contributed by atoms with Gasteiger partial charge in [-0.1, -0.05) is 68.4 Å². The standard InChI is InChI=1S/C32H34N2O7.C11H16N2O5/c1-21-27(41-30(29(21)39-4)34-19-18-28(35)33-31(34)36)20-40-32(22-8-6-5-7-9-22,23-10-14-25(37-2)15-11-23)24-12-16-26(38-3)17-13-24;1-6-7(5-14)18-10(9(6)17-2)13-4-3-8(15)12-11(13)16/h5-19,21,27,29-30H,20H2,1-4H3,(H,33,35,36);3-4,6-7,9-10,14H,5H2,1-2H3,(H,12,15,16)/t21?,27-,29+,30-;6?,7-,9+,10-/m11/s1. The van der Waals surface area contributed by atoms with E-state index in [0.29, 0.717) is 0 Å². The van der Waals surface area contributed by atoms with E-state index in [1.165, 1.54) is 40.8 Å². The van der Waals surface area contributed by atoms with Crippen molar-refractivity contribution < 1.29 is 38.3 Å². The second kappa shape index (κ2) is 19.0. The van der Waals surface area contributed by atoms with Crippen LogP contribution in [-0.2, 0) is 29.3 Å². The summed E-state index contributed by atoms with van der Waals surface area (Å²) in [4.78, 5) is 51.4. The fourth-order valence-corrected chi connectivity index (χ4v) is 7.75. The van der Waals surface area contributed by atoms with Crippen LogP contribution in [0.1, 0.15) is 43.0 Å². The predicted octanol–water partition coefficient (Wildman–Crippen LogP) is 3.19. The molecule has 16 nitrogen and oxygen atoms in total. The number of rotatable bonds is 13. The molecular weight excluding hydrogens is 764 g/mol. The topological polar surface area (TPSA) is 195 Å². The Balaban J connectivity index is 0.000000271. The van der Waals surface area contributed by atoms with Crippen LogP contribution in [0.15, 0.2) is 123 Å². The molecule has 4 heterocycles. The summed E-state index contributed by atoms with van der Waals surface area (Å²) in [5.41, 5.74) is -0.341. The smallest absolute Gasteiger partial charge is 0.330 e. The average molecular weight is 815 g/mol. The number of nitrogens with zero attached hydrogens (tertiary/aromatic N) is 2. The number of aromatic nitrogens is 4. The lowest BCUT2D eigenvalue weighted by Crippen LogP contribution is -2.37. The minimum Gasteiger partial charge on any atom is -0.497 e. The number of H-pyrrole nitrogens is 2. The Morgan fingerprint density at radius 2 is 1.03 bits per heavy atom. The number of methoxy groups -OCH3 is 4. The van der Waals surface area contributed by atoms with Crippen LogP contribution in [0.5, 0.6) is 11.5 Å². The molecule has 3 aromatic carbocycles. The van der Waals surface area contributed by atoms with Crippen LogP contribution < -0.4 is 32.0 Å². The Labute approximate surface area is 339 Å². The molecule has 2 aromatic heterocycles. The first-order valence-electron chi connectivity index (χ1n) is 19.1. The van der Waals surface area contributed by atoms with Crippen LogP contribution in [0.25, 0.3) is 0 Å². The normalized spacial score (nSPS) is 24.0. The highest BCUT2D eigenvalue weighted by Gasteiger charge is 2.47. The number of ether oxygens (including phenoxy) is 7. The Hall–Kier alpha value is -5.62. The fraction of sp³-hybridized carbons (Fsp3) is 0.395. The number of benzene rings is 3. The lowest BCUT2D eigenvalue weighted by Gasteiger charge is -2.37. The van der Waals surface area contributed by atoms with E-state index < -0.39 is 58.9 Å². The van der Waals surface area contributed by atoms with E-state index in [1.54, 1.807) is 21.3 Å². The van der Waals surface area contributed by atoms with Crippen molar-refractivity contribution >= 4 is 0 Å². The van der Waals surface area contributed by atoms with E-state index in [2.05, 4.69) is 9.97 Å². The number of aliphatic hydroxyl groups is 1. The van der Waals surface area contributed by atoms with Crippen molar-refractivity contribution in [2.45, 2.75) is 56.3 Å². The summed E-state index contributed by atoms with van der Waals surface area (Å²) < 4.78 is 43.6. The maximum Gasteiger partial charge on any atom is 0.330 e. The Bertz CT molecular complexity index is 2310. The van der Waals surface area contributed by atoms with Gasteiger partial charge in [0.15, 0.2) is 12.5 Å². The zero-order valence-electron chi connectivity index (χ0n) is 33.7. The molecule has 2 aliphatic rings. The van der Waals surface area contributed by atoms with Gasteiger partial charge in [-0.15, -0.1) is 0 Å². The van der Waals surface area contributed by atoms with Crippen molar-refractivity contribution in [3.05, 3.63) is 162 Å². The quantitative estimate of drug-likeness (QED) is 0.147.